The summed E-state index contributed by atoms with van der Waals surface area (Å²) < 4.78 is 177. The van der Waals surface area contributed by atoms with Gasteiger partial charge in [-0.3, -0.25) is 37.6 Å². The van der Waals surface area contributed by atoms with Gasteiger partial charge in [-0.25, -0.2) is 16.8 Å². The zero-order valence-electron chi connectivity index (χ0n) is 75.4. The Morgan fingerprint density at radius 3 is 1.96 bits per heavy atom. The summed E-state index contributed by atoms with van der Waals surface area (Å²) in [4.78, 5) is 74.2. The molecule has 1 saturated heterocycles. The number of carbonyl (C=O) groups is 5. The quantitative estimate of drug-likeness (QED) is 0.00530. The number of sulfonamides is 1. The third-order valence-corrected chi connectivity index (χ3v) is 31.8. The number of nitrogens with zero attached hydrogens (tertiary/aromatic N) is 5. The Morgan fingerprint density at radius 2 is 1.25 bits per heavy atom. The minimum Gasteiger partial charge on any atom is -0.461 e. The number of hydrogen-bond acceptors (Lipinski definition) is 19. The van der Waals surface area contributed by atoms with E-state index in [1.54, 1.807) is 54.6 Å². The van der Waals surface area contributed by atoms with Gasteiger partial charge in [0.15, 0.2) is 27.9 Å². The van der Waals surface area contributed by atoms with Crippen molar-refractivity contribution in [1.82, 2.24) is 24.8 Å². The van der Waals surface area contributed by atoms with Gasteiger partial charge in [-0.1, -0.05) is 117 Å². The molecule has 0 spiro atoms. The van der Waals surface area contributed by atoms with Gasteiger partial charge in [0.1, 0.15) is 24.5 Å². The highest BCUT2D eigenvalue weighted by Gasteiger charge is 2.46. The Hall–Kier alpha value is -11.9. The second kappa shape index (κ2) is 39.9. The molecule has 0 aromatic heterocycles. The summed E-state index contributed by atoms with van der Waals surface area (Å²) in [6.07, 6.45) is 14.7. The Labute approximate surface area is 781 Å². The second-order valence-electron chi connectivity index (χ2n) is 35.7. The number of ether oxygens (including phenoxy) is 1. The number of fused-ring (bicyclic) bond motifs is 6. The van der Waals surface area contributed by atoms with Crippen LogP contribution in [0.1, 0.15) is 139 Å². The highest BCUT2D eigenvalue weighted by molar-refractivity contribution is 7.90. The molecule has 0 radical (unpaired) electrons. The smallest absolute Gasteiger partial charge is 0.306 e. The van der Waals surface area contributed by atoms with E-state index in [-0.39, 0.29) is 120 Å². The molecular weight excluding hydrogens is 1810 g/mol. The van der Waals surface area contributed by atoms with E-state index < -0.39 is 90.8 Å². The summed E-state index contributed by atoms with van der Waals surface area (Å²) in [7, 11) is -21.2. The normalized spacial score (nSPS) is 16.9. The van der Waals surface area contributed by atoms with Crippen molar-refractivity contribution in [2.45, 2.75) is 172 Å². The minimum atomic E-state index is -4.54. The van der Waals surface area contributed by atoms with E-state index in [1.807, 2.05) is 164 Å². The van der Waals surface area contributed by atoms with Crippen LogP contribution in [0.15, 0.2) is 259 Å². The number of unbranched alkanes of at least 4 members (excludes halogenated alkanes) is 3. The molecule has 6 heterocycles. The molecule has 134 heavy (non-hydrogen) atoms. The molecule has 3 amide bonds. The monoisotopic (exact) mass is 1910 g/mol. The SMILES string of the molecule is CC[N+]1=C(/C=C/C=C/C=C2/N(CCCCCC(=O)NCCC(=O)C(CCCCNC(=O)C3CCN(S(=O)(=O)c4ccccc4-c4c5ccc(=[N+]6CCc7cc(S(=O)(=O)O)ccc76)cc-5oc5cc(N6CCc7cc(S(=O)(=O)O)ccc76)ccc45)CC3)NC(=O)C(CC(=O)OCc3ccccc3)Cc3ccccc3)c3ccc(S(=O)(=O)O)cc3C2(C)C)C(C)(C)c2cc(S(C)(=O)=O)ccc21. The van der Waals surface area contributed by atoms with E-state index in [2.05, 4.69) is 39.3 Å². The maximum absolute atomic E-state index is 15.4. The molecule has 8 aromatic carbocycles. The van der Waals surface area contributed by atoms with Crippen LogP contribution in [0.5, 0.6) is 0 Å². The van der Waals surface area contributed by atoms with Crippen LogP contribution >= 0.6 is 0 Å². The Kier molecular flexibility index (Phi) is 28.8. The average molecular weight is 1920 g/mol. The molecule has 2 unspecified atom stereocenters. The number of piperidine rings is 1. The molecule has 702 valence electrons. The molecule has 7 aliphatic rings. The van der Waals surface area contributed by atoms with Crippen LogP contribution in [-0.4, -0.2) is 164 Å². The number of nitrogens with one attached hydrogen (secondary N) is 3. The first-order valence-electron chi connectivity index (χ1n) is 45.0. The summed E-state index contributed by atoms with van der Waals surface area (Å²) in [6, 6.07) is 53.8. The van der Waals surface area contributed by atoms with Gasteiger partial charge < -0.3 is 34.9 Å². The predicted molar refractivity (Wildman–Crippen MR) is 512 cm³/mol. The number of ketones is 1. The van der Waals surface area contributed by atoms with Gasteiger partial charge in [0.05, 0.1) is 54.3 Å². The topological polar surface area (TPSA) is 391 Å². The van der Waals surface area contributed by atoms with Gasteiger partial charge in [0.2, 0.25) is 44.5 Å². The summed E-state index contributed by atoms with van der Waals surface area (Å²) in [5.41, 5.74) is 10.9. The van der Waals surface area contributed by atoms with Crippen molar-refractivity contribution in [2.24, 2.45) is 11.8 Å². The third kappa shape index (κ3) is 21.4. The van der Waals surface area contributed by atoms with Crippen molar-refractivity contribution in [3.05, 3.63) is 269 Å². The van der Waals surface area contributed by atoms with Crippen molar-refractivity contribution < 1.29 is 93.4 Å². The van der Waals surface area contributed by atoms with Crippen molar-refractivity contribution in [3.63, 3.8) is 0 Å². The number of sulfone groups is 1. The number of allylic oxidation sites excluding steroid dienone is 6. The molecule has 0 saturated carbocycles. The van der Waals surface area contributed by atoms with Crippen LogP contribution in [0.3, 0.4) is 0 Å². The van der Waals surface area contributed by atoms with Crippen LogP contribution in [0.25, 0.3) is 33.4 Å². The maximum Gasteiger partial charge on any atom is 0.306 e. The fraction of sp³-hybridized carbons (Fsp3) is 0.337. The predicted octanol–water partition coefficient (Wildman–Crippen LogP) is 14.4. The average Bonchev–Trinajstić information content (AvgIpc) is 1.69. The number of esters is 1. The summed E-state index contributed by atoms with van der Waals surface area (Å²) in [5, 5.41) is 10.2. The van der Waals surface area contributed by atoms with E-state index in [9.17, 15) is 71.3 Å². The highest BCUT2D eigenvalue weighted by Crippen LogP contribution is 2.50. The molecule has 1 aliphatic carbocycles. The molecule has 6 N–H and O–H groups in total. The van der Waals surface area contributed by atoms with E-state index >= 15 is 8.42 Å². The molecule has 2 atom stereocenters. The maximum atomic E-state index is 15.4. The Bertz CT molecular complexity index is 7070. The molecule has 33 heteroatoms. The second-order valence-corrected chi connectivity index (χ2v) is 43.9. The van der Waals surface area contributed by atoms with Crippen LogP contribution in [0, 0.1) is 11.8 Å². The van der Waals surface area contributed by atoms with Gasteiger partial charge in [-0.05, 0) is 192 Å². The number of Topliss-reactive ketones (excluding diaryl/α,β-unsaturated/α-hetero) is 1. The number of amides is 3. The standard InChI is InChI=1S/C101H108N8O20S5/c1-7-106-87-44-36-75(130(6,115)116)64-82(87)100(2,3)93(106)31-16-10-17-32-94-101(4,5)83-65-78(134(125,126)127)39-45-88(83)109(94)53-23-11-18-33-95(111)102-52-46-89(110)84(104-99(114)72(58-67-24-12-8-13-25-67)61-96(112)128-66-68-26-14-9-15-27-68)29-21-22-51-103-98(113)69-47-54-105(55-48-69)131(117,118)92-30-20-19-28-81(92)97-79-40-34-73(107-56-49-70-59-76(132(119,120)121)37-42-85(70)107)62-90(79)129-91-63-74(35-41-80(91)97)108-57-50-71-60-77(133(122,123)124)38-43-86(71)108/h8-10,12-17,19-20,24-28,30-32,34-45,59-60,62-65,69,72,84H,7,11,18,21-23,29,33,46-58,61,66H2,1-6H3,(H4-2,102,103,104,111,113,114,119,120,121,122,123,124,125,126,127)/p+2. The van der Waals surface area contributed by atoms with Crippen LogP contribution in [-0.2, 0) is 116 Å². The van der Waals surface area contributed by atoms with Crippen LogP contribution in [0.4, 0.5) is 28.4 Å². The lowest BCUT2D eigenvalue weighted by atomic mass is 9.81. The van der Waals surface area contributed by atoms with Gasteiger partial charge in [0, 0.05) is 162 Å². The zero-order chi connectivity index (χ0) is 95.4. The zero-order valence-corrected chi connectivity index (χ0v) is 79.5. The number of rotatable bonds is 36. The van der Waals surface area contributed by atoms with Gasteiger partial charge in [-0.15, -0.1) is 0 Å². The number of hydrogen-bond donors (Lipinski definition) is 6. The lowest BCUT2D eigenvalue weighted by Crippen LogP contribution is -2.45. The van der Waals surface area contributed by atoms with Crippen LogP contribution in [0.2, 0.25) is 0 Å². The first-order chi connectivity index (χ1) is 63.8. The van der Waals surface area contributed by atoms with Crippen molar-refractivity contribution in [2.75, 3.05) is 68.4 Å². The lowest BCUT2D eigenvalue weighted by Gasteiger charge is -2.31. The molecule has 8 aromatic rings. The molecule has 15 rings (SSSR count). The summed E-state index contributed by atoms with van der Waals surface area (Å²) in [6.45, 7) is 12.4. The van der Waals surface area contributed by atoms with E-state index in [0.29, 0.717) is 132 Å². The van der Waals surface area contributed by atoms with E-state index in [1.165, 1.54) is 47.0 Å². The molecule has 28 nitrogen and oxygen atoms in total. The Balaban J connectivity index is 0.591. The minimum absolute atomic E-state index is 0.0103. The van der Waals surface area contributed by atoms with Gasteiger partial charge >= 0.3 is 5.97 Å². The summed E-state index contributed by atoms with van der Waals surface area (Å²) >= 11 is 0. The third-order valence-electron chi connectivity index (χ3n) is 26.2. The summed E-state index contributed by atoms with van der Waals surface area (Å²) in [5.74, 6) is -3.21. The molecule has 1 fully saturated rings. The largest absolute Gasteiger partial charge is 0.461 e. The lowest BCUT2D eigenvalue weighted by molar-refractivity contribution is -0.433. The van der Waals surface area contributed by atoms with Crippen LogP contribution < -0.4 is 35.7 Å². The number of carbonyl (C=O) groups excluding carboxylic acids is 5. The van der Waals surface area contributed by atoms with E-state index in [4.69, 9.17) is 9.15 Å². The highest BCUT2D eigenvalue weighted by atomic mass is 32.2. The van der Waals surface area contributed by atoms with Crippen molar-refractivity contribution in [3.8, 4) is 22.5 Å². The molecular formula is C101H110N8O20S5+2. The first kappa shape index (κ1) is 96.6. The van der Waals surface area contributed by atoms with Crippen molar-refractivity contribution in [1.29, 1.82) is 0 Å². The van der Waals surface area contributed by atoms with E-state index in [0.717, 1.165) is 50.8 Å². The Morgan fingerprint density at radius 1 is 0.597 bits per heavy atom. The molecule has 0 bridgehead atoms. The van der Waals surface area contributed by atoms with Gasteiger partial charge in [0.25, 0.3) is 30.4 Å². The van der Waals surface area contributed by atoms with Crippen molar-refractivity contribution >= 4 is 125 Å². The fourth-order valence-corrected chi connectivity index (χ4v) is 22.9. The fourth-order valence-electron chi connectivity index (χ4n) is 19.0. The first-order valence-corrected chi connectivity index (χ1v) is 52.7. The number of anilines is 3. The van der Waals surface area contributed by atoms with Gasteiger partial charge in [-0.2, -0.15) is 38.7 Å². The number of benzene rings is 9. The molecule has 6 aliphatic heterocycles.